The predicted molar refractivity (Wildman–Crippen MR) is 65.4 cm³/mol. The minimum absolute atomic E-state index is 0.775. The van der Waals surface area contributed by atoms with Gasteiger partial charge in [0.05, 0.1) is 0 Å². The van der Waals surface area contributed by atoms with Crippen LogP contribution in [-0.4, -0.2) is 19.9 Å². The first kappa shape index (κ1) is 13.8. The molecule has 2 nitrogen and oxygen atoms in total. The number of hydrogen-bond acceptors (Lipinski definition) is 2. The summed E-state index contributed by atoms with van der Waals surface area (Å²) in [4.78, 5) is 10.2. The van der Waals surface area contributed by atoms with Crippen LogP contribution in [0, 0.1) is 6.92 Å². The number of aldehydes is 1. The van der Waals surface area contributed by atoms with Crippen LogP contribution in [0.1, 0.15) is 35.7 Å². The standard InChI is InChI=1S/C8H8O.C5H13N/c1-7-4-2-3-5-8(7)6-9;1-3-4-5-6-2/h2-6H,1H3;6H,3-5H2,1-2H3. The average Bonchev–Trinajstić information content (AvgIpc) is 2.28. The van der Waals surface area contributed by atoms with Gasteiger partial charge < -0.3 is 5.32 Å². The SMILES string of the molecule is CCCCNC.Cc1ccccc1C=O. The Kier molecular flexibility index (Phi) is 8.69. The summed E-state index contributed by atoms with van der Waals surface area (Å²) in [5.74, 6) is 0. The van der Waals surface area contributed by atoms with E-state index in [1.165, 1.54) is 12.8 Å². The fraction of sp³-hybridized carbons (Fsp3) is 0.462. The van der Waals surface area contributed by atoms with E-state index in [2.05, 4.69) is 12.2 Å². The van der Waals surface area contributed by atoms with E-state index in [9.17, 15) is 4.79 Å². The van der Waals surface area contributed by atoms with Gasteiger partial charge in [-0.15, -0.1) is 0 Å². The van der Waals surface area contributed by atoms with E-state index in [-0.39, 0.29) is 0 Å². The number of nitrogens with one attached hydrogen (secondary N) is 1. The molecule has 0 amide bonds. The molecule has 0 saturated heterocycles. The molecule has 0 unspecified atom stereocenters. The topological polar surface area (TPSA) is 29.1 Å². The van der Waals surface area contributed by atoms with Crippen molar-refractivity contribution >= 4 is 6.29 Å². The second kappa shape index (κ2) is 9.41. The molecule has 0 aromatic heterocycles. The summed E-state index contributed by atoms with van der Waals surface area (Å²) in [5.41, 5.74) is 1.81. The van der Waals surface area contributed by atoms with E-state index in [1.54, 1.807) is 0 Å². The van der Waals surface area contributed by atoms with Gasteiger partial charge in [-0.05, 0) is 32.5 Å². The van der Waals surface area contributed by atoms with Crippen molar-refractivity contribution in [3.05, 3.63) is 35.4 Å². The number of unbranched alkanes of at least 4 members (excludes halogenated alkanes) is 1. The summed E-state index contributed by atoms with van der Waals surface area (Å²) < 4.78 is 0. The molecule has 0 fully saturated rings. The quantitative estimate of drug-likeness (QED) is 0.607. The van der Waals surface area contributed by atoms with Crippen LogP contribution >= 0.6 is 0 Å². The number of carbonyl (C=O) groups excluding carboxylic acids is 1. The van der Waals surface area contributed by atoms with Crippen LogP contribution in [0.4, 0.5) is 0 Å². The van der Waals surface area contributed by atoms with Crippen molar-refractivity contribution in [3.63, 3.8) is 0 Å². The molecule has 15 heavy (non-hydrogen) atoms. The maximum atomic E-state index is 10.2. The Morgan fingerprint density at radius 3 is 2.33 bits per heavy atom. The average molecular weight is 207 g/mol. The van der Waals surface area contributed by atoms with E-state index in [0.717, 1.165) is 24.0 Å². The Balaban J connectivity index is 0.000000288. The summed E-state index contributed by atoms with van der Waals surface area (Å²) in [6, 6.07) is 7.51. The van der Waals surface area contributed by atoms with E-state index < -0.39 is 0 Å². The fourth-order valence-corrected chi connectivity index (χ4v) is 1.07. The lowest BCUT2D eigenvalue weighted by Gasteiger charge is -1.92. The second-order valence-corrected chi connectivity index (χ2v) is 3.43. The van der Waals surface area contributed by atoms with Crippen molar-refractivity contribution in [1.29, 1.82) is 0 Å². The van der Waals surface area contributed by atoms with E-state index in [4.69, 9.17) is 0 Å². The highest BCUT2D eigenvalue weighted by Gasteiger charge is 1.90. The molecule has 0 aliphatic heterocycles. The molecular weight excluding hydrogens is 186 g/mol. The summed E-state index contributed by atoms with van der Waals surface area (Å²) in [5, 5.41) is 3.07. The number of hydrogen-bond donors (Lipinski definition) is 1. The molecule has 0 aliphatic carbocycles. The van der Waals surface area contributed by atoms with Crippen molar-refractivity contribution in [2.75, 3.05) is 13.6 Å². The van der Waals surface area contributed by atoms with Gasteiger partial charge in [0.25, 0.3) is 0 Å². The van der Waals surface area contributed by atoms with Gasteiger partial charge in [0, 0.05) is 5.56 Å². The van der Waals surface area contributed by atoms with Crippen molar-refractivity contribution in [3.8, 4) is 0 Å². The van der Waals surface area contributed by atoms with Crippen LogP contribution < -0.4 is 5.32 Å². The minimum atomic E-state index is 0.775. The van der Waals surface area contributed by atoms with Crippen LogP contribution in [0.5, 0.6) is 0 Å². The van der Waals surface area contributed by atoms with Gasteiger partial charge in [-0.3, -0.25) is 4.79 Å². The third kappa shape index (κ3) is 6.86. The minimum Gasteiger partial charge on any atom is -0.320 e. The number of aryl methyl sites for hydroxylation is 1. The molecule has 2 heteroatoms. The first-order valence-corrected chi connectivity index (χ1v) is 5.41. The summed E-state index contributed by atoms with van der Waals surface area (Å²) in [6.45, 7) is 5.28. The Hall–Kier alpha value is -1.15. The summed E-state index contributed by atoms with van der Waals surface area (Å²) in [6.07, 6.45) is 3.46. The number of benzene rings is 1. The lowest BCUT2D eigenvalue weighted by Crippen LogP contribution is -2.06. The van der Waals surface area contributed by atoms with Gasteiger partial charge in [-0.25, -0.2) is 0 Å². The molecule has 0 atom stereocenters. The molecule has 1 aromatic rings. The maximum Gasteiger partial charge on any atom is 0.150 e. The van der Waals surface area contributed by atoms with Crippen molar-refractivity contribution < 1.29 is 4.79 Å². The maximum absolute atomic E-state index is 10.2. The van der Waals surface area contributed by atoms with Crippen LogP contribution in [0.25, 0.3) is 0 Å². The van der Waals surface area contributed by atoms with Gasteiger partial charge in [0.1, 0.15) is 6.29 Å². The van der Waals surface area contributed by atoms with Crippen molar-refractivity contribution in [2.24, 2.45) is 0 Å². The van der Waals surface area contributed by atoms with Gasteiger partial charge >= 0.3 is 0 Å². The number of rotatable bonds is 4. The molecular formula is C13H21NO. The van der Waals surface area contributed by atoms with Gasteiger partial charge in [0.15, 0.2) is 0 Å². The molecule has 0 heterocycles. The molecule has 0 aliphatic rings. The Labute approximate surface area is 92.7 Å². The second-order valence-electron chi connectivity index (χ2n) is 3.43. The smallest absolute Gasteiger partial charge is 0.150 e. The highest BCUT2D eigenvalue weighted by Crippen LogP contribution is 2.02. The third-order valence-electron chi connectivity index (χ3n) is 2.10. The normalized spacial score (nSPS) is 9.00. The van der Waals surface area contributed by atoms with E-state index in [0.29, 0.717) is 0 Å². The van der Waals surface area contributed by atoms with Crippen LogP contribution in [0.3, 0.4) is 0 Å². The van der Waals surface area contributed by atoms with E-state index >= 15 is 0 Å². The van der Waals surface area contributed by atoms with Crippen LogP contribution in [0.2, 0.25) is 0 Å². The molecule has 1 aromatic carbocycles. The lowest BCUT2D eigenvalue weighted by atomic mass is 10.1. The molecule has 0 radical (unpaired) electrons. The molecule has 1 N–H and O–H groups in total. The van der Waals surface area contributed by atoms with E-state index in [1.807, 2.05) is 38.2 Å². The van der Waals surface area contributed by atoms with Crippen molar-refractivity contribution in [2.45, 2.75) is 26.7 Å². The highest BCUT2D eigenvalue weighted by molar-refractivity contribution is 5.76. The van der Waals surface area contributed by atoms with Gasteiger partial charge in [0.2, 0.25) is 0 Å². The molecule has 0 bridgehead atoms. The fourth-order valence-electron chi connectivity index (χ4n) is 1.07. The predicted octanol–water partition coefficient (Wildman–Crippen LogP) is 2.81. The van der Waals surface area contributed by atoms with Gasteiger partial charge in [-0.1, -0.05) is 37.6 Å². The Bertz CT molecular complexity index is 267. The number of carbonyl (C=O) groups is 1. The molecule has 0 spiro atoms. The molecule has 0 saturated carbocycles. The van der Waals surface area contributed by atoms with Gasteiger partial charge in [-0.2, -0.15) is 0 Å². The Morgan fingerprint density at radius 1 is 1.33 bits per heavy atom. The highest BCUT2D eigenvalue weighted by atomic mass is 16.1. The zero-order valence-electron chi connectivity index (χ0n) is 9.92. The van der Waals surface area contributed by atoms with Crippen molar-refractivity contribution in [1.82, 2.24) is 5.32 Å². The molecule has 84 valence electrons. The van der Waals surface area contributed by atoms with Crippen LogP contribution in [0.15, 0.2) is 24.3 Å². The zero-order chi connectivity index (χ0) is 11.5. The lowest BCUT2D eigenvalue weighted by molar-refractivity contribution is 0.112. The summed E-state index contributed by atoms with van der Waals surface area (Å²) in [7, 11) is 1.98. The Morgan fingerprint density at radius 2 is 2.00 bits per heavy atom. The first-order valence-electron chi connectivity index (χ1n) is 5.41. The third-order valence-corrected chi connectivity index (χ3v) is 2.10. The largest absolute Gasteiger partial charge is 0.320 e. The summed E-state index contributed by atoms with van der Waals surface area (Å²) >= 11 is 0. The zero-order valence-corrected chi connectivity index (χ0v) is 9.92. The first-order chi connectivity index (χ1) is 7.26. The van der Waals surface area contributed by atoms with Crippen LogP contribution in [-0.2, 0) is 0 Å². The monoisotopic (exact) mass is 207 g/mol. The molecule has 1 rings (SSSR count).